The molecule has 0 N–H and O–H groups in total. The first-order valence-electron chi connectivity index (χ1n) is 20.7. The first-order valence-corrected chi connectivity index (χ1v) is 20.7. The second-order valence-electron chi connectivity index (χ2n) is 15.3. The third-order valence-electron chi connectivity index (χ3n) is 10.9. The van der Waals surface area contributed by atoms with E-state index in [2.05, 4.69) is 127 Å². The molecule has 10 aromatic rings. The van der Waals surface area contributed by atoms with Gasteiger partial charge in [0.2, 0.25) is 0 Å². The molecule has 0 aliphatic carbocycles. The zero-order valence-electron chi connectivity index (χ0n) is 34.3. The van der Waals surface area contributed by atoms with Crippen LogP contribution in [0, 0.1) is 13.8 Å². The number of benzene rings is 7. The Labute approximate surface area is 361 Å². The summed E-state index contributed by atoms with van der Waals surface area (Å²) in [6.07, 6.45) is 0. The Hall–Kier alpha value is -8.22. The van der Waals surface area contributed by atoms with Crippen molar-refractivity contribution in [2.75, 3.05) is 0 Å². The molecule has 6 nitrogen and oxygen atoms in total. The second kappa shape index (κ2) is 16.8. The van der Waals surface area contributed by atoms with E-state index < -0.39 is 0 Å². The Kier molecular flexibility index (Phi) is 10.3. The minimum absolute atomic E-state index is 0.675. The van der Waals surface area contributed by atoms with E-state index in [0.717, 1.165) is 95.4 Å². The van der Waals surface area contributed by atoms with Gasteiger partial charge in [-0.05, 0) is 78.6 Å². The van der Waals surface area contributed by atoms with E-state index in [-0.39, 0.29) is 0 Å². The van der Waals surface area contributed by atoms with Gasteiger partial charge in [0.15, 0.2) is 17.5 Å². The van der Waals surface area contributed by atoms with E-state index in [1.807, 2.05) is 92.7 Å². The molecule has 0 aliphatic rings. The Balaban J connectivity index is 1.10. The van der Waals surface area contributed by atoms with Gasteiger partial charge in [-0.3, -0.25) is 0 Å². The summed E-state index contributed by atoms with van der Waals surface area (Å²) >= 11 is 0. The van der Waals surface area contributed by atoms with Crippen LogP contribution < -0.4 is 0 Å². The maximum absolute atomic E-state index is 5.15. The van der Waals surface area contributed by atoms with Crippen LogP contribution in [0.25, 0.3) is 101 Å². The Morgan fingerprint density at radius 2 is 0.597 bits per heavy atom. The number of hydrogen-bond donors (Lipinski definition) is 0. The summed E-state index contributed by atoms with van der Waals surface area (Å²) in [5, 5.41) is 0. The van der Waals surface area contributed by atoms with Gasteiger partial charge in [0.05, 0.1) is 22.8 Å². The zero-order valence-corrected chi connectivity index (χ0v) is 34.3. The Bertz CT molecular complexity index is 3050. The number of rotatable bonds is 9. The van der Waals surface area contributed by atoms with Gasteiger partial charge >= 0.3 is 0 Å². The van der Waals surface area contributed by atoms with Gasteiger partial charge in [0.1, 0.15) is 0 Å². The predicted octanol–water partition coefficient (Wildman–Crippen LogP) is 13.7. The first kappa shape index (κ1) is 38.0. The van der Waals surface area contributed by atoms with Crippen molar-refractivity contribution in [3.05, 3.63) is 218 Å². The van der Waals surface area contributed by atoms with Crippen LogP contribution in [0.15, 0.2) is 206 Å². The van der Waals surface area contributed by atoms with Crippen molar-refractivity contribution >= 4 is 0 Å². The Morgan fingerprint density at radius 1 is 0.226 bits per heavy atom. The maximum atomic E-state index is 5.15. The molecule has 10 rings (SSSR count). The van der Waals surface area contributed by atoms with E-state index in [1.54, 1.807) is 0 Å². The number of aryl methyl sites for hydroxylation is 2. The van der Waals surface area contributed by atoms with Crippen LogP contribution in [0.5, 0.6) is 0 Å². The quantitative estimate of drug-likeness (QED) is 0.145. The van der Waals surface area contributed by atoms with Crippen molar-refractivity contribution in [3.63, 3.8) is 0 Å². The van der Waals surface area contributed by atoms with Crippen molar-refractivity contribution < 1.29 is 0 Å². The van der Waals surface area contributed by atoms with Crippen molar-refractivity contribution in [3.8, 4) is 101 Å². The fraction of sp³-hybridized carbons (Fsp3) is 0.0357. The van der Waals surface area contributed by atoms with Gasteiger partial charge in [0, 0.05) is 50.3 Å². The van der Waals surface area contributed by atoms with Crippen LogP contribution in [0.3, 0.4) is 0 Å². The summed E-state index contributed by atoms with van der Waals surface area (Å²) in [4.78, 5) is 30.2. The van der Waals surface area contributed by atoms with Gasteiger partial charge in [-0.15, -0.1) is 0 Å². The van der Waals surface area contributed by atoms with E-state index >= 15 is 0 Å². The molecule has 0 amide bonds. The van der Waals surface area contributed by atoms with Crippen LogP contribution in [-0.2, 0) is 0 Å². The lowest BCUT2D eigenvalue weighted by Gasteiger charge is -2.15. The first-order chi connectivity index (χ1) is 30.5. The molecule has 6 heteroatoms. The molecular weight excluding hydrogens is 757 g/mol. The lowest BCUT2D eigenvalue weighted by molar-refractivity contribution is 1.06. The topological polar surface area (TPSA) is 77.3 Å². The average Bonchev–Trinajstić information content (AvgIpc) is 3.34. The molecule has 0 saturated carbocycles. The molecule has 3 aromatic heterocycles. The maximum Gasteiger partial charge on any atom is 0.160 e. The van der Waals surface area contributed by atoms with Gasteiger partial charge < -0.3 is 0 Å². The number of hydrogen-bond acceptors (Lipinski definition) is 6. The van der Waals surface area contributed by atoms with Crippen molar-refractivity contribution in [2.45, 2.75) is 13.8 Å². The second-order valence-corrected chi connectivity index (χ2v) is 15.3. The lowest BCUT2D eigenvalue weighted by Crippen LogP contribution is -1.98. The third kappa shape index (κ3) is 8.05. The molecule has 0 spiro atoms. The minimum atomic E-state index is 0.675. The van der Waals surface area contributed by atoms with Crippen molar-refractivity contribution in [1.82, 2.24) is 29.9 Å². The molecule has 7 aromatic carbocycles. The molecular formula is C56H40N6. The fourth-order valence-corrected chi connectivity index (χ4v) is 7.84. The van der Waals surface area contributed by atoms with Crippen molar-refractivity contribution in [2.24, 2.45) is 0 Å². The molecule has 0 aliphatic heterocycles. The highest BCUT2D eigenvalue weighted by Crippen LogP contribution is 2.38. The standard InChI is InChI=1S/C56H40N6/c1-37-31-38(2)58-56(57-37)48-30-29-44(43-25-15-27-46(32-43)52-35-50(39-17-7-3-8-18-39)59-54(61-52)41-21-11-5-12-22-41)34-49(48)45-26-16-28-47(33-45)53-36-51(40-19-9-4-10-20-40)60-55(62-53)42-23-13-6-14-24-42/h3-36H,1-2H3. The summed E-state index contributed by atoms with van der Waals surface area (Å²) in [5.74, 6) is 2.04. The van der Waals surface area contributed by atoms with Crippen LogP contribution in [-0.4, -0.2) is 29.9 Å². The largest absolute Gasteiger partial charge is 0.233 e. The average molecular weight is 797 g/mol. The molecule has 0 fully saturated rings. The van der Waals surface area contributed by atoms with Gasteiger partial charge in [-0.25, -0.2) is 29.9 Å². The van der Waals surface area contributed by atoms with Crippen LogP contribution >= 0.6 is 0 Å². The molecule has 0 bridgehead atoms. The lowest BCUT2D eigenvalue weighted by atomic mass is 9.92. The van der Waals surface area contributed by atoms with Gasteiger partial charge in [0.25, 0.3) is 0 Å². The van der Waals surface area contributed by atoms with Gasteiger partial charge in [-0.2, -0.15) is 0 Å². The SMILES string of the molecule is Cc1cc(C)nc(-c2ccc(-c3cccc(-c4cc(-c5ccccc5)nc(-c5ccccc5)n4)c3)cc2-c2cccc(-c3cc(-c4ccccc4)nc(-c4ccccc4)n3)c2)n1. The molecule has 294 valence electrons. The third-order valence-corrected chi connectivity index (χ3v) is 10.9. The minimum Gasteiger partial charge on any atom is -0.233 e. The van der Waals surface area contributed by atoms with Crippen LogP contribution in [0.2, 0.25) is 0 Å². The monoisotopic (exact) mass is 796 g/mol. The number of nitrogens with zero attached hydrogens (tertiary/aromatic N) is 6. The molecule has 62 heavy (non-hydrogen) atoms. The summed E-state index contributed by atoms with van der Waals surface area (Å²) < 4.78 is 0. The highest BCUT2D eigenvalue weighted by Gasteiger charge is 2.17. The van der Waals surface area contributed by atoms with Crippen molar-refractivity contribution in [1.29, 1.82) is 0 Å². The van der Waals surface area contributed by atoms with E-state index in [0.29, 0.717) is 17.5 Å². The highest BCUT2D eigenvalue weighted by molar-refractivity contribution is 5.88. The summed E-state index contributed by atoms with van der Waals surface area (Å²) in [7, 11) is 0. The summed E-state index contributed by atoms with van der Waals surface area (Å²) in [6, 6.07) is 70.7. The van der Waals surface area contributed by atoms with Crippen LogP contribution in [0.4, 0.5) is 0 Å². The smallest absolute Gasteiger partial charge is 0.160 e. The summed E-state index contributed by atoms with van der Waals surface area (Å²) in [5.41, 5.74) is 16.3. The molecule has 3 heterocycles. The Morgan fingerprint density at radius 3 is 1.08 bits per heavy atom. The highest BCUT2D eigenvalue weighted by atomic mass is 14.9. The molecule has 0 atom stereocenters. The molecule has 0 unspecified atom stereocenters. The zero-order chi connectivity index (χ0) is 41.8. The molecule has 0 saturated heterocycles. The normalized spacial score (nSPS) is 11.1. The predicted molar refractivity (Wildman–Crippen MR) is 252 cm³/mol. The number of aromatic nitrogens is 6. The fourth-order valence-electron chi connectivity index (χ4n) is 7.84. The van der Waals surface area contributed by atoms with E-state index in [9.17, 15) is 0 Å². The van der Waals surface area contributed by atoms with Crippen LogP contribution in [0.1, 0.15) is 11.4 Å². The van der Waals surface area contributed by atoms with E-state index in [1.165, 1.54) is 0 Å². The summed E-state index contributed by atoms with van der Waals surface area (Å²) in [6.45, 7) is 4.03. The molecule has 0 radical (unpaired) electrons. The van der Waals surface area contributed by atoms with Gasteiger partial charge in [-0.1, -0.05) is 164 Å². The van der Waals surface area contributed by atoms with E-state index in [4.69, 9.17) is 29.9 Å².